The molecule has 3 rings (SSSR count). The van der Waals surface area contributed by atoms with Crippen molar-refractivity contribution >= 4 is 5.95 Å². The van der Waals surface area contributed by atoms with E-state index in [4.69, 9.17) is 0 Å². The van der Waals surface area contributed by atoms with Crippen LogP contribution >= 0.6 is 0 Å². The van der Waals surface area contributed by atoms with Crippen LogP contribution in [0.25, 0.3) is 0 Å². The first-order chi connectivity index (χ1) is 10.6. The zero-order valence-electron chi connectivity index (χ0n) is 12.3. The fourth-order valence-electron chi connectivity index (χ4n) is 2.51. The highest BCUT2D eigenvalue weighted by atomic mass is 19.1. The maximum atomic E-state index is 13.6. The maximum Gasteiger partial charge on any atom is 0.225 e. The number of nitrogens with zero attached hydrogens (tertiary/aromatic N) is 5. The van der Waals surface area contributed by atoms with Gasteiger partial charge in [-0.05, 0) is 13.0 Å². The van der Waals surface area contributed by atoms with E-state index in [9.17, 15) is 8.78 Å². The number of halogens is 2. The molecule has 0 radical (unpaired) electrons. The molecule has 0 amide bonds. The zero-order chi connectivity index (χ0) is 15.5. The third-order valence-corrected chi connectivity index (χ3v) is 3.77. The molecule has 1 aliphatic rings. The number of pyridine rings is 1. The third kappa shape index (κ3) is 3.19. The summed E-state index contributed by atoms with van der Waals surface area (Å²) in [6.45, 7) is 5.06. The van der Waals surface area contributed by atoms with Crippen LogP contribution in [0.3, 0.4) is 0 Å². The molecule has 0 spiro atoms. The molecule has 2 aromatic heterocycles. The van der Waals surface area contributed by atoms with Gasteiger partial charge in [0, 0.05) is 50.2 Å². The van der Waals surface area contributed by atoms with E-state index >= 15 is 0 Å². The lowest BCUT2D eigenvalue weighted by molar-refractivity contribution is 0.241. The summed E-state index contributed by atoms with van der Waals surface area (Å²) < 4.78 is 27.3. The molecule has 22 heavy (non-hydrogen) atoms. The molecule has 5 nitrogen and oxygen atoms in total. The van der Waals surface area contributed by atoms with Crippen LogP contribution in [0.5, 0.6) is 0 Å². The molecule has 0 saturated carbocycles. The van der Waals surface area contributed by atoms with Crippen LogP contribution < -0.4 is 4.90 Å². The minimum absolute atomic E-state index is 0.0789. The standard InChI is InChI=1S/C15H17F2N5/c1-11-2-3-19-15(20-11)22-6-4-21(5-7-22)10-12-13(16)8-18-9-14(12)17/h2-3,8-9H,4-7,10H2,1H3. The van der Waals surface area contributed by atoms with E-state index in [1.165, 1.54) is 0 Å². The fourth-order valence-corrected chi connectivity index (χ4v) is 2.51. The molecule has 0 aliphatic carbocycles. The first-order valence-electron chi connectivity index (χ1n) is 7.18. The Hall–Kier alpha value is -2.15. The van der Waals surface area contributed by atoms with Crippen LogP contribution in [0.4, 0.5) is 14.7 Å². The van der Waals surface area contributed by atoms with Crippen molar-refractivity contribution in [3.63, 3.8) is 0 Å². The van der Waals surface area contributed by atoms with Crippen molar-refractivity contribution in [2.24, 2.45) is 0 Å². The SMILES string of the molecule is Cc1ccnc(N2CCN(Cc3c(F)cncc3F)CC2)n1. The summed E-state index contributed by atoms with van der Waals surface area (Å²) in [7, 11) is 0. The van der Waals surface area contributed by atoms with Crippen molar-refractivity contribution < 1.29 is 8.78 Å². The Labute approximate surface area is 127 Å². The normalized spacial score (nSPS) is 16.0. The number of aromatic nitrogens is 3. The molecule has 7 heteroatoms. The average Bonchev–Trinajstić information content (AvgIpc) is 2.52. The number of rotatable bonds is 3. The van der Waals surface area contributed by atoms with Crippen LogP contribution in [-0.2, 0) is 6.54 Å². The van der Waals surface area contributed by atoms with E-state index in [0.717, 1.165) is 31.2 Å². The number of hydrogen-bond acceptors (Lipinski definition) is 5. The van der Waals surface area contributed by atoms with Crippen molar-refractivity contribution in [3.05, 3.63) is 47.5 Å². The van der Waals surface area contributed by atoms with Crippen LogP contribution in [0.15, 0.2) is 24.7 Å². The second kappa shape index (κ2) is 6.31. The minimum Gasteiger partial charge on any atom is -0.338 e. The van der Waals surface area contributed by atoms with Crippen molar-refractivity contribution in [2.45, 2.75) is 13.5 Å². The van der Waals surface area contributed by atoms with Crippen LogP contribution in [0, 0.1) is 18.6 Å². The molecule has 0 unspecified atom stereocenters. The van der Waals surface area contributed by atoms with Crippen LogP contribution in [0.1, 0.15) is 11.3 Å². The second-order valence-electron chi connectivity index (χ2n) is 5.34. The zero-order valence-corrected chi connectivity index (χ0v) is 12.3. The highest BCUT2D eigenvalue weighted by molar-refractivity contribution is 5.31. The average molecular weight is 305 g/mol. The number of aryl methyl sites for hydroxylation is 1. The summed E-state index contributed by atoms with van der Waals surface area (Å²) in [5, 5.41) is 0. The Kier molecular flexibility index (Phi) is 4.24. The summed E-state index contributed by atoms with van der Waals surface area (Å²) in [5.41, 5.74) is 1.00. The van der Waals surface area contributed by atoms with Gasteiger partial charge in [0.2, 0.25) is 5.95 Å². The highest BCUT2D eigenvalue weighted by Crippen LogP contribution is 2.16. The molecular formula is C15H17F2N5. The predicted octanol–water partition coefficient (Wildman–Crippen LogP) is 1.78. The van der Waals surface area contributed by atoms with Gasteiger partial charge in [-0.15, -0.1) is 0 Å². The Morgan fingerprint density at radius 3 is 2.41 bits per heavy atom. The van der Waals surface area contributed by atoms with E-state index in [2.05, 4.69) is 19.9 Å². The van der Waals surface area contributed by atoms with E-state index in [1.54, 1.807) is 6.20 Å². The van der Waals surface area contributed by atoms with Crippen molar-refractivity contribution in [1.29, 1.82) is 0 Å². The number of hydrogen-bond donors (Lipinski definition) is 0. The summed E-state index contributed by atoms with van der Waals surface area (Å²) in [6, 6.07) is 1.86. The van der Waals surface area contributed by atoms with Gasteiger partial charge in [0.25, 0.3) is 0 Å². The smallest absolute Gasteiger partial charge is 0.225 e. The lowest BCUT2D eigenvalue weighted by Gasteiger charge is -2.34. The monoisotopic (exact) mass is 305 g/mol. The van der Waals surface area contributed by atoms with Crippen molar-refractivity contribution in [3.8, 4) is 0 Å². The minimum atomic E-state index is -0.593. The van der Waals surface area contributed by atoms with Gasteiger partial charge >= 0.3 is 0 Å². The highest BCUT2D eigenvalue weighted by Gasteiger charge is 2.21. The Morgan fingerprint density at radius 2 is 1.77 bits per heavy atom. The molecule has 2 aromatic rings. The predicted molar refractivity (Wildman–Crippen MR) is 78.4 cm³/mol. The van der Waals surface area contributed by atoms with E-state index in [0.29, 0.717) is 19.0 Å². The van der Waals surface area contributed by atoms with Gasteiger partial charge < -0.3 is 4.90 Å². The summed E-state index contributed by atoms with van der Waals surface area (Å²) in [5.74, 6) is -0.477. The molecule has 3 heterocycles. The molecule has 0 bridgehead atoms. The quantitative estimate of drug-likeness (QED) is 0.865. The molecule has 1 fully saturated rings. The lowest BCUT2D eigenvalue weighted by atomic mass is 10.2. The fraction of sp³-hybridized carbons (Fsp3) is 0.400. The van der Waals surface area contributed by atoms with Crippen LogP contribution in [0.2, 0.25) is 0 Å². The number of anilines is 1. The molecule has 1 saturated heterocycles. The van der Waals surface area contributed by atoms with Gasteiger partial charge in [-0.3, -0.25) is 9.88 Å². The van der Waals surface area contributed by atoms with E-state index < -0.39 is 11.6 Å². The summed E-state index contributed by atoms with van der Waals surface area (Å²) in [4.78, 5) is 16.3. The third-order valence-electron chi connectivity index (χ3n) is 3.77. The topological polar surface area (TPSA) is 45.2 Å². The van der Waals surface area contributed by atoms with Gasteiger partial charge in [-0.2, -0.15) is 0 Å². The molecule has 116 valence electrons. The van der Waals surface area contributed by atoms with Gasteiger partial charge in [0.05, 0.1) is 12.4 Å². The first-order valence-corrected chi connectivity index (χ1v) is 7.18. The Bertz CT molecular complexity index is 636. The van der Waals surface area contributed by atoms with Gasteiger partial charge in [-0.1, -0.05) is 0 Å². The first kappa shape index (κ1) is 14.8. The lowest BCUT2D eigenvalue weighted by Crippen LogP contribution is -2.46. The molecule has 0 N–H and O–H groups in total. The largest absolute Gasteiger partial charge is 0.338 e. The van der Waals surface area contributed by atoms with Gasteiger partial charge in [0.15, 0.2) is 0 Å². The summed E-state index contributed by atoms with van der Waals surface area (Å²) >= 11 is 0. The Morgan fingerprint density at radius 1 is 1.09 bits per heavy atom. The van der Waals surface area contributed by atoms with E-state index in [-0.39, 0.29) is 12.1 Å². The summed E-state index contributed by atoms with van der Waals surface area (Å²) in [6.07, 6.45) is 3.84. The van der Waals surface area contributed by atoms with Crippen molar-refractivity contribution in [1.82, 2.24) is 19.9 Å². The van der Waals surface area contributed by atoms with Gasteiger partial charge in [-0.25, -0.2) is 18.7 Å². The van der Waals surface area contributed by atoms with E-state index in [1.807, 2.05) is 17.9 Å². The molecular weight excluding hydrogens is 288 g/mol. The van der Waals surface area contributed by atoms with Crippen LogP contribution in [-0.4, -0.2) is 46.0 Å². The Balaban J connectivity index is 1.62. The second-order valence-corrected chi connectivity index (χ2v) is 5.34. The number of piperazine rings is 1. The molecule has 1 aliphatic heterocycles. The van der Waals surface area contributed by atoms with Crippen molar-refractivity contribution in [2.75, 3.05) is 31.1 Å². The molecule has 0 aromatic carbocycles. The molecule has 0 atom stereocenters. The maximum absolute atomic E-state index is 13.6. The van der Waals surface area contributed by atoms with Gasteiger partial charge in [0.1, 0.15) is 11.6 Å².